The van der Waals surface area contributed by atoms with Crippen molar-refractivity contribution in [1.29, 1.82) is 0 Å². The highest BCUT2D eigenvalue weighted by atomic mass is 16.5. The summed E-state index contributed by atoms with van der Waals surface area (Å²) in [6, 6.07) is 6.34. The third-order valence-electron chi connectivity index (χ3n) is 3.89. The van der Waals surface area contributed by atoms with Gasteiger partial charge < -0.3 is 9.64 Å². The van der Waals surface area contributed by atoms with Crippen LogP contribution in [-0.2, 0) is 0 Å². The van der Waals surface area contributed by atoms with Crippen molar-refractivity contribution in [3.63, 3.8) is 0 Å². The second-order valence-corrected chi connectivity index (χ2v) is 5.48. The van der Waals surface area contributed by atoms with Gasteiger partial charge in [0.1, 0.15) is 5.75 Å². The summed E-state index contributed by atoms with van der Waals surface area (Å²) in [5.74, 6) is 1.09. The van der Waals surface area contributed by atoms with Crippen LogP contribution >= 0.6 is 0 Å². The van der Waals surface area contributed by atoms with E-state index in [0.717, 1.165) is 12.4 Å². The molecule has 1 aliphatic heterocycles. The van der Waals surface area contributed by atoms with E-state index >= 15 is 0 Å². The lowest BCUT2D eigenvalue weighted by atomic mass is 10.1. The van der Waals surface area contributed by atoms with E-state index in [4.69, 9.17) is 4.74 Å². The molecule has 0 aliphatic carbocycles. The fourth-order valence-electron chi connectivity index (χ4n) is 2.80. The SMILES string of the molecule is Cc1cccc(C)c1OCCCC[NH+]1CCCC1. The fourth-order valence-corrected chi connectivity index (χ4v) is 2.80. The number of quaternary nitrogens is 1. The predicted octanol–water partition coefficient (Wildman–Crippen LogP) is 2.14. The first kappa shape index (κ1) is 13.4. The van der Waals surface area contributed by atoms with Crippen LogP contribution in [0.4, 0.5) is 0 Å². The van der Waals surface area contributed by atoms with Crippen LogP contribution < -0.4 is 9.64 Å². The van der Waals surface area contributed by atoms with E-state index in [9.17, 15) is 0 Å². The van der Waals surface area contributed by atoms with Crippen LogP contribution in [0.15, 0.2) is 18.2 Å². The first-order valence-electron chi connectivity index (χ1n) is 7.30. The van der Waals surface area contributed by atoms with Gasteiger partial charge in [-0.3, -0.25) is 0 Å². The number of nitrogens with one attached hydrogen (secondary N) is 1. The molecule has 0 amide bonds. The van der Waals surface area contributed by atoms with E-state index in [1.54, 1.807) is 4.90 Å². The first-order valence-corrected chi connectivity index (χ1v) is 7.30. The lowest BCUT2D eigenvalue weighted by Gasteiger charge is -2.13. The molecule has 1 N–H and O–H groups in total. The molecule has 1 aromatic carbocycles. The first-order chi connectivity index (χ1) is 8.77. The van der Waals surface area contributed by atoms with Gasteiger partial charge in [-0.15, -0.1) is 0 Å². The number of para-hydroxylation sites is 1. The van der Waals surface area contributed by atoms with Crippen molar-refractivity contribution in [2.24, 2.45) is 0 Å². The third kappa shape index (κ3) is 3.74. The van der Waals surface area contributed by atoms with E-state index in [1.165, 1.54) is 56.4 Å². The maximum Gasteiger partial charge on any atom is 0.125 e. The summed E-state index contributed by atoms with van der Waals surface area (Å²) in [7, 11) is 0. The van der Waals surface area contributed by atoms with Crippen LogP contribution in [0.2, 0.25) is 0 Å². The molecule has 0 spiro atoms. The van der Waals surface area contributed by atoms with Gasteiger partial charge in [0.05, 0.1) is 26.2 Å². The van der Waals surface area contributed by atoms with Crippen molar-refractivity contribution < 1.29 is 9.64 Å². The molecule has 2 rings (SSSR count). The largest absolute Gasteiger partial charge is 0.493 e. The number of likely N-dealkylation sites (tertiary alicyclic amines) is 1. The van der Waals surface area contributed by atoms with Crippen LogP contribution in [0.3, 0.4) is 0 Å². The molecule has 0 bridgehead atoms. The van der Waals surface area contributed by atoms with Crippen molar-refractivity contribution in [3.05, 3.63) is 29.3 Å². The fraction of sp³-hybridized carbons (Fsp3) is 0.625. The van der Waals surface area contributed by atoms with Crippen molar-refractivity contribution in [1.82, 2.24) is 0 Å². The van der Waals surface area contributed by atoms with Crippen molar-refractivity contribution >= 4 is 0 Å². The Labute approximate surface area is 111 Å². The van der Waals surface area contributed by atoms with Crippen LogP contribution in [0.1, 0.15) is 36.8 Å². The molecule has 0 radical (unpaired) electrons. The summed E-state index contributed by atoms with van der Waals surface area (Å²) in [6.07, 6.45) is 5.32. The van der Waals surface area contributed by atoms with Crippen molar-refractivity contribution in [3.8, 4) is 5.75 Å². The molecule has 0 aromatic heterocycles. The van der Waals surface area contributed by atoms with Gasteiger partial charge in [-0.25, -0.2) is 0 Å². The maximum absolute atomic E-state index is 5.92. The summed E-state index contributed by atoms with van der Waals surface area (Å²) in [6.45, 7) is 9.21. The molecule has 0 unspecified atom stereocenters. The molecule has 1 aliphatic rings. The highest BCUT2D eigenvalue weighted by molar-refractivity contribution is 5.39. The maximum atomic E-state index is 5.92. The summed E-state index contributed by atoms with van der Waals surface area (Å²) < 4.78 is 5.92. The van der Waals surface area contributed by atoms with Gasteiger partial charge in [0, 0.05) is 12.8 Å². The van der Waals surface area contributed by atoms with E-state index in [0.29, 0.717) is 0 Å². The number of unbranched alkanes of at least 4 members (excludes halogenated alkanes) is 1. The number of rotatable bonds is 6. The molecule has 0 atom stereocenters. The Bertz CT molecular complexity index is 349. The zero-order valence-electron chi connectivity index (χ0n) is 11.8. The van der Waals surface area contributed by atoms with Crippen molar-refractivity contribution in [2.45, 2.75) is 39.5 Å². The zero-order valence-corrected chi connectivity index (χ0v) is 11.8. The minimum absolute atomic E-state index is 0.860. The molecular weight excluding hydrogens is 222 g/mol. The molecule has 2 heteroatoms. The van der Waals surface area contributed by atoms with Crippen LogP contribution in [0.25, 0.3) is 0 Å². The molecule has 2 nitrogen and oxygen atoms in total. The lowest BCUT2D eigenvalue weighted by Crippen LogP contribution is -3.09. The van der Waals surface area contributed by atoms with Crippen LogP contribution in [-0.4, -0.2) is 26.2 Å². The normalized spacial score (nSPS) is 16.1. The van der Waals surface area contributed by atoms with E-state index < -0.39 is 0 Å². The van der Waals surface area contributed by atoms with Crippen LogP contribution in [0.5, 0.6) is 5.75 Å². The number of ether oxygens (including phenoxy) is 1. The standard InChI is InChI=1S/C16H25NO/c1-14-8-7-9-15(2)16(14)18-13-6-5-12-17-10-3-4-11-17/h7-9H,3-6,10-13H2,1-2H3/p+1. The van der Waals surface area contributed by atoms with E-state index in [-0.39, 0.29) is 0 Å². The minimum atomic E-state index is 0.860. The van der Waals surface area contributed by atoms with Gasteiger partial charge in [0.15, 0.2) is 0 Å². The summed E-state index contributed by atoms with van der Waals surface area (Å²) in [5, 5.41) is 0. The molecule has 18 heavy (non-hydrogen) atoms. The Morgan fingerprint density at radius 2 is 1.72 bits per heavy atom. The molecule has 0 saturated carbocycles. The molecule has 1 saturated heterocycles. The summed E-state index contributed by atoms with van der Waals surface area (Å²) in [4.78, 5) is 1.79. The van der Waals surface area contributed by atoms with Gasteiger partial charge in [0.25, 0.3) is 0 Å². The van der Waals surface area contributed by atoms with Gasteiger partial charge in [-0.2, -0.15) is 0 Å². The topological polar surface area (TPSA) is 13.7 Å². The highest BCUT2D eigenvalue weighted by Crippen LogP contribution is 2.22. The van der Waals surface area contributed by atoms with Gasteiger partial charge in [-0.05, 0) is 37.8 Å². The number of hydrogen-bond donors (Lipinski definition) is 1. The third-order valence-corrected chi connectivity index (χ3v) is 3.89. The Balaban J connectivity index is 1.65. The predicted molar refractivity (Wildman–Crippen MR) is 75.4 cm³/mol. The average Bonchev–Trinajstić information content (AvgIpc) is 2.85. The molecular formula is C16H26NO+. The Morgan fingerprint density at radius 3 is 2.39 bits per heavy atom. The van der Waals surface area contributed by atoms with Gasteiger partial charge >= 0.3 is 0 Å². The monoisotopic (exact) mass is 248 g/mol. The smallest absolute Gasteiger partial charge is 0.125 e. The molecule has 1 heterocycles. The van der Waals surface area contributed by atoms with E-state index in [1.807, 2.05) is 0 Å². The zero-order chi connectivity index (χ0) is 12.8. The summed E-state index contributed by atoms with van der Waals surface area (Å²) in [5.41, 5.74) is 2.50. The molecule has 100 valence electrons. The number of benzene rings is 1. The van der Waals surface area contributed by atoms with E-state index in [2.05, 4.69) is 32.0 Å². The minimum Gasteiger partial charge on any atom is -0.493 e. The number of hydrogen-bond acceptors (Lipinski definition) is 1. The van der Waals surface area contributed by atoms with Gasteiger partial charge in [0.2, 0.25) is 0 Å². The second kappa shape index (κ2) is 6.79. The number of aryl methyl sites for hydroxylation is 2. The van der Waals surface area contributed by atoms with Crippen LogP contribution in [0, 0.1) is 13.8 Å². The van der Waals surface area contributed by atoms with Crippen molar-refractivity contribution in [2.75, 3.05) is 26.2 Å². The second-order valence-electron chi connectivity index (χ2n) is 5.48. The average molecular weight is 248 g/mol. The summed E-state index contributed by atoms with van der Waals surface area (Å²) >= 11 is 0. The lowest BCUT2D eigenvalue weighted by molar-refractivity contribution is -0.887. The highest BCUT2D eigenvalue weighted by Gasteiger charge is 2.14. The Hall–Kier alpha value is -1.02. The Kier molecular flexibility index (Phi) is 5.06. The molecule has 1 fully saturated rings. The quantitative estimate of drug-likeness (QED) is 0.762. The van der Waals surface area contributed by atoms with Gasteiger partial charge in [-0.1, -0.05) is 18.2 Å². The Morgan fingerprint density at radius 1 is 1.06 bits per heavy atom. The molecule has 1 aromatic rings.